The monoisotopic (exact) mass is 886 g/mol. The second-order valence-corrected chi connectivity index (χ2v) is 20.9. The maximum Gasteiger partial charge on any atom is 0.0643 e. The van der Waals surface area contributed by atoms with Gasteiger partial charge in [-0.2, -0.15) is 0 Å². The number of hydrogen-bond donors (Lipinski definition) is 0. The van der Waals surface area contributed by atoms with Crippen molar-refractivity contribution in [2.45, 2.75) is 110 Å². The Balaban J connectivity index is 1.11. The van der Waals surface area contributed by atoms with Crippen LogP contribution in [0.25, 0.3) is 38.6 Å². The van der Waals surface area contributed by atoms with Gasteiger partial charge in [0.05, 0.1) is 16.7 Å². The lowest BCUT2D eigenvalue weighted by Crippen LogP contribution is -2.18. The van der Waals surface area contributed by atoms with Crippen LogP contribution in [0, 0.1) is 27.7 Å². The summed E-state index contributed by atoms with van der Waals surface area (Å²) in [6, 6.07) is 63.2. The van der Waals surface area contributed by atoms with Gasteiger partial charge in [-0.25, -0.2) is 0 Å². The number of aromatic nitrogens is 1. The standard InChI is InChI=1S/C65H63N3/c1-42-24-30-53(38-44(42)3)66(51-32-26-48(27-33-51)46-16-10-11-17-46)55-36-37-56-58(40-55)65(5,6)59-41-61(63-57-22-14-15-23-60(57)68(64(63)62(56)59)50-20-8-7-9-21-50)67(54-31-25-43(2)45(4)39-54)52-34-28-49(29-35-52)47-18-12-13-19-47/h7-9,14-15,20-41,46-47H,10-13,16-19H2,1-6H3. The number of fused-ring (bicyclic) bond motifs is 7. The fraction of sp³-hybridized carbons (Fsp3) is 0.262. The van der Waals surface area contributed by atoms with Crippen molar-refractivity contribution >= 4 is 55.9 Å². The van der Waals surface area contributed by atoms with Crippen molar-refractivity contribution in [1.29, 1.82) is 0 Å². The molecule has 3 heteroatoms. The molecule has 0 unspecified atom stereocenters. The van der Waals surface area contributed by atoms with Crippen LogP contribution < -0.4 is 9.80 Å². The smallest absolute Gasteiger partial charge is 0.0643 e. The number of anilines is 6. The highest BCUT2D eigenvalue weighted by Crippen LogP contribution is 2.58. The summed E-state index contributed by atoms with van der Waals surface area (Å²) in [6.45, 7) is 13.8. The van der Waals surface area contributed by atoms with Crippen LogP contribution in [0.15, 0.2) is 164 Å². The fourth-order valence-electron chi connectivity index (χ4n) is 12.4. The molecule has 0 spiro atoms. The van der Waals surface area contributed by atoms with Crippen molar-refractivity contribution in [3.8, 4) is 16.8 Å². The first-order valence-electron chi connectivity index (χ1n) is 25.4. The molecule has 0 N–H and O–H groups in total. The maximum atomic E-state index is 2.57. The molecule has 0 saturated heterocycles. The van der Waals surface area contributed by atoms with E-state index in [1.807, 2.05) is 0 Å². The lowest BCUT2D eigenvalue weighted by molar-refractivity contribution is 0.661. The molecule has 68 heavy (non-hydrogen) atoms. The Morgan fingerprint density at radius 3 is 1.54 bits per heavy atom. The van der Waals surface area contributed by atoms with E-state index in [1.54, 1.807) is 0 Å². The molecule has 2 fully saturated rings. The zero-order valence-electron chi connectivity index (χ0n) is 40.7. The average molecular weight is 886 g/mol. The Morgan fingerprint density at radius 2 is 0.956 bits per heavy atom. The first kappa shape index (κ1) is 42.5. The molecule has 338 valence electrons. The summed E-state index contributed by atoms with van der Waals surface area (Å²) >= 11 is 0. The molecule has 0 amide bonds. The van der Waals surface area contributed by atoms with E-state index in [4.69, 9.17) is 0 Å². The van der Waals surface area contributed by atoms with E-state index < -0.39 is 0 Å². The van der Waals surface area contributed by atoms with Crippen molar-refractivity contribution in [3.63, 3.8) is 0 Å². The van der Waals surface area contributed by atoms with Crippen molar-refractivity contribution in [2.24, 2.45) is 0 Å². The van der Waals surface area contributed by atoms with Crippen LogP contribution in [0.1, 0.15) is 122 Å². The van der Waals surface area contributed by atoms with Gasteiger partial charge in [0, 0.05) is 55.9 Å². The average Bonchev–Trinajstić information content (AvgIpc) is 4.20. The first-order valence-corrected chi connectivity index (χ1v) is 25.4. The van der Waals surface area contributed by atoms with Crippen molar-refractivity contribution in [3.05, 3.63) is 208 Å². The van der Waals surface area contributed by atoms with E-state index in [1.165, 1.54) is 169 Å². The Kier molecular flexibility index (Phi) is 10.5. The van der Waals surface area contributed by atoms with Crippen molar-refractivity contribution in [2.75, 3.05) is 9.80 Å². The highest BCUT2D eigenvalue weighted by atomic mass is 15.2. The van der Waals surface area contributed by atoms with E-state index in [9.17, 15) is 0 Å². The summed E-state index contributed by atoms with van der Waals surface area (Å²) in [4.78, 5) is 5.05. The van der Waals surface area contributed by atoms with E-state index in [0.29, 0.717) is 11.8 Å². The number of para-hydroxylation sites is 2. The van der Waals surface area contributed by atoms with Crippen LogP contribution in [0.5, 0.6) is 0 Å². The highest BCUT2D eigenvalue weighted by molar-refractivity contribution is 6.22. The maximum absolute atomic E-state index is 2.57. The van der Waals surface area contributed by atoms with Gasteiger partial charge in [-0.05, 0) is 200 Å². The number of hydrogen-bond acceptors (Lipinski definition) is 2. The van der Waals surface area contributed by atoms with Gasteiger partial charge in [-0.3, -0.25) is 0 Å². The van der Waals surface area contributed by atoms with Gasteiger partial charge in [0.25, 0.3) is 0 Å². The molecule has 1 heterocycles. The van der Waals surface area contributed by atoms with Gasteiger partial charge >= 0.3 is 0 Å². The number of nitrogens with zero attached hydrogens (tertiary/aromatic N) is 3. The topological polar surface area (TPSA) is 11.4 Å². The summed E-state index contributed by atoms with van der Waals surface area (Å²) in [5.41, 5.74) is 23.9. The second-order valence-electron chi connectivity index (χ2n) is 20.9. The quantitative estimate of drug-likeness (QED) is 0.143. The summed E-state index contributed by atoms with van der Waals surface area (Å²) in [5.74, 6) is 1.33. The van der Waals surface area contributed by atoms with Crippen LogP contribution in [0.3, 0.4) is 0 Å². The highest BCUT2D eigenvalue weighted by Gasteiger charge is 2.40. The van der Waals surface area contributed by atoms with Gasteiger partial charge in [-0.15, -0.1) is 0 Å². The molecule has 3 nitrogen and oxygen atoms in total. The molecule has 8 aromatic carbocycles. The molecule has 12 rings (SSSR count). The van der Waals surface area contributed by atoms with Gasteiger partial charge in [-0.1, -0.05) is 118 Å². The fourth-order valence-corrected chi connectivity index (χ4v) is 12.4. The van der Waals surface area contributed by atoms with Crippen LogP contribution in [0.4, 0.5) is 34.1 Å². The summed E-state index contributed by atoms with van der Waals surface area (Å²) in [5, 5.41) is 2.53. The molecule has 0 bridgehead atoms. The normalized spacial score (nSPS) is 15.6. The Morgan fingerprint density at radius 1 is 0.456 bits per heavy atom. The van der Waals surface area contributed by atoms with Gasteiger partial charge in [0.15, 0.2) is 0 Å². The van der Waals surface area contributed by atoms with Crippen LogP contribution in [0.2, 0.25) is 0 Å². The molecule has 0 aliphatic heterocycles. The molecule has 3 aliphatic carbocycles. The predicted octanol–water partition coefficient (Wildman–Crippen LogP) is 18.6. The Hall–Kier alpha value is -6.84. The molecule has 0 atom stereocenters. The van der Waals surface area contributed by atoms with E-state index in [-0.39, 0.29) is 5.41 Å². The van der Waals surface area contributed by atoms with E-state index in [2.05, 4.69) is 220 Å². The molecular formula is C65H63N3. The molecule has 0 radical (unpaired) electrons. The van der Waals surface area contributed by atoms with Crippen LogP contribution in [-0.2, 0) is 5.41 Å². The third-order valence-corrected chi connectivity index (χ3v) is 16.5. The number of rotatable bonds is 9. The molecule has 2 saturated carbocycles. The van der Waals surface area contributed by atoms with Gasteiger partial charge < -0.3 is 14.4 Å². The minimum absolute atomic E-state index is 0.329. The summed E-state index contributed by atoms with van der Waals surface area (Å²) < 4.78 is 2.56. The molecular weight excluding hydrogens is 823 g/mol. The minimum Gasteiger partial charge on any atom is -0.310 e. The number of benzene rings is 8. The van der Waals surface area contributed by atoms with Crippen LogP contribution in [-0.4, -0.2) is 4.57 Å². The zero-order chi connectivity index (χ0) is 46.3. The minimum atomic E-state index is -0.329. The zero-order valence-corrected chi connectivity index (χ0v) is 40.7. The predicted molar refractivity (Wildman–Crippen MR) is 289 cm³/mol. The van der Waals surface area contributed by atoms with Gasteiger partial charge in [0.2, 0.25) is 0 Å². The first-order chi connectivity index (χ1) is 33.1. The second kappa shape index (κ2) is 16.7. The Labute approximate surface area is 403 Å². The lowest BCUT2D eigenvalue weighted by Gasteiger charge is -2.30. The van der Waals surface area contributed by atoms with E-state index in [0.717, 1.165) is 0 Å². The Bertz CT molecular complexity index is 3360. The SMILES string of the molecule is Cc1ccc(N(c2ccc(C3CCCC3)cc2)c2ccc3c(c2)C(C)(C)c2cc(N(c4ccc(C5CCCC5)cc4)c4ccc(C)c(C)c4)c4c5ccccc5n(-c5ccccc5)c4c2-3)cc1C. The summed E-state index contributed by atoms with van der Waals surface area (Å²) in [7, 11) is 0. The largest absolute Gasteiger partial charge is 0.310 e. The summed E-state index contributed by atoms with van der Waals surface area (Å²) in [6.07, 6.45) is 10.5. The van der Waals surface area contributed by atoms with E-state index >= 15 is 0 Å². The molecule has 9 aromatic rings. The lowest BCUT2D eigenvalue weighted by atomic mass is 9.81. The third kappa shape index (κ3) is 6.99. The number of aryl methyl sites for hydroxylation is 4. The molecule has 3 aliphatic rings. The third-order valence-electron chi connectivity index (χ3n) is 16.5. The van der Waals surface area contributed by atoms with Crippen molar-refractivity contribution < 1.29 is 0 Å². The van der Waals surface area contributed by atoms with Crippen LogP contribution >= 0.6 is 0 Å². The van der Waals surface area contributed by atoms with Gasteiger partial charge in [0.1, 0.15) is 0 Å². The van der Waals surface area contributed by atoms with Crippen molar-refractivity contribution in [1.82, 2.24) is 4.57 Å². The molecule has 1 aromatic heterocycles.